The standard InChI is InChI=1S/C15H10BrCl2FO/c16-7-11-4-8-3-10(19)6-13(15(8)20-11)12-2-1-9(17)5-14(12)18/h1-3,5-6,11H,4,7H2. The third-order valence-corrected chi connectivity index (χ3v) is 4.53. The molecule has 20 heavy (non-hydrogen) atoms. The zero-order valence-electron chi connectivity index (χ0n) is 10.3. The molecule has 104 valence electrons. The van der Waals surface area contributed by atoms with Crippen molar-refractivity contribution in [1.29, 1.82) is 0 Å². The summed E-state index contributed by atoms with van der Waals surface area (Å²) >= 11 is 15.5. The third-order valence-electron chi connectivity index (χ3n) is 3.26. The van der Waals surface area contributed by atoms with Crippen LogP contribution in [0, 0.1) is 5.82 Å². The minimum Gasteiger partial charge on any atom is -0.488 e. The van der Waals surface area contributed by atoms with E-state index in [1.54, 1.807) is 18.2 Å². The number of alkyl halides is 1. The highest BCUT2D eigenvalue weighted by atomic mass is 79.9. The van der Waals surface area contributed by atoms with E-state index in [1.807, 2.05) is 0 Å². The summed E-state index contributed by atoms with van der Waals surface area (Å²) in [5.74, 6) is 0.420. The minimum atomic E-state index is -0.288. The fourth-order valence-corrected chi connectivity index (χ4v) is 3.26. The van der Waals surface area contributed by atoms with E-state index in [1.165, 1.54) is 12.1 Å². The van der Waals surface area contributed by atoms with Gasteiger partial charge >= 0.3 is 0 Å². The molecule has 1 aliphatic heterocycles. The first-order valence-corrected chi connectivity index (χ1v) is 7.96. The van der Waals surface area contributed by atoms with Gasteiger partial charge < -0.3 is 4.74 Å². The Balaban J connectivity index is 2.15. The summed E-state index contributed by atoms with van der Waals surface area (Å²) in [4.78, 5) is 0. The average molecular weight is 376 g/mol. The zero-order valence-corrected chi connectivity index (χ0v) is 13.4. The van der Waals surface area contributed by atoms with Gasteiger partial charge in [-0.2, -0.15) is 0 Å². The molecule has 0 bridgehead atoms. The number of benzene rings is 2. The zero-order chi connectivity index (χ0) is 14.3. The number of fused-ring (bicyclic) bond motifs is 1. The van der Waals surface area contributed by atoms with Crippen LogP contribution in [0.15, 0.2) is 30.3 Å². The van der Waals surface area contributed by atoms with Crippen molar-refractivity contribution in [3.63, 3.8) is 0 Å². The van der Waals surface area contributed by atoms with Crippen LogP contribution in [-0.4, -0.2) is 11.4 Å². The van der Waals surface area contributed by atoms with Crippen LogP contribution in [0.3, 0.4) is 0 Å². The second-order valence-corrected chi connectivity index (χ2v) is 6.16. The molecular formula is C15H10BrCl2FO. The Hall–Kier alpha value is -0.770. The molecule has 0 aromatic heterocycles. The molecule has 1 unspecified atom stereocenters. The van der Waals surface area contributed by atoms with Crippen LogP contribution in [0.5, 0.6) is 5.75 Å². The van der Waals surface area contributed by atoms with Gasteiger partial charge in [0.05, 0.1) is 5.02 Å². The lowest BCUT2D eigenvalue weighted by Crippen LogP contribution is -2.13. The quantitative estimate of drug-likeness (QED) is 0.630. The highest BCUT2D eigenvalue weighted by Crippen LogP contribution is 2.42. The summed E-state index contributed by atoms with van der Waals surface area (Å²) < 4.78 is 19.7. The maximum absolute atomic E-state index is 13.8. The molecule has 0 fully saturated rings. The van der Waals surface area contributed by atoms with Crippen molar-refractivity contribution in [3.05, 3.63) is 51.8 Å². The lowest BCUT2D eigenvalue weighted by molar-refractivity contribution is 0.261. The van der Waals surface area contributed by atoms with Gasteiger partial charge in [-0.3, -0.25) is 0 Å². The molecule has 1 atom stereocenters. The van der Waals surface area contributed by atoms with Crippen LogP contribution in [0.25, 0.3) is 11.1 Å². The summed E-state index contributed by atoms with van der Waals surface area (Å²) in [5.41, 5.74) is 2.27. The number of ether oxygens (including phenoxy) is 1. The Labute approximate surface area is 134 Å². The van der Waals surface area contributed by atoms with Crippen LogP contribution < -0.4 is 4.74 Å². The fourth-order valence-electron chi connectivity index (χ4n) is 2.39. The van der Waals surface area contributed by atoms with Gasteiger partial charge in [-0.1, -0.05) is 45.2 Å². The summed E-state index contributed by atoms with van der Waals surface area (Å²) in [7, 11) is 0. The molecule has 0 amide bonds. The highest BCUT2D eigenvalue weighted by Gasteiger charge is 2.26. The molecular weight excluding hydrogens is 366 g/mol. The Morgan fingerprint density at radius 3 is 2.70 bits per heavy atom. The van der Waals surface area contributed by atoms with Crippen LogP contribution in [0.4, 0.5) is 4.39 Å². The Kier molecular flexibility index (Phi) is 3.93. The van der Waals surface area contributed by atoms with E-state index < -0.39 is 0 Å². The molecule has 0 radical (unpaired) electrons. The van der Waals surface area contributed by atoms with Crippen LogP contribution in [-0.2, 0) is 6.42 Å². The van der Waals surface area contributed by atoms with Gasteiger partial charge in [0.2, 0.25) is 0 Å². The molecule has 0 saturated carbocycles. The van der Waals surface area contributed by atoms with Crippen molar-refractivity contribution in [2.75, 3.05) is 5.33 Å². The molecule has 0 saturated heterocycles. The first kappa shape index (κ1) is 14.2. The smallest absolute Gasteiger partial charge is 0.131 e. The molecule has 1 nitrogen and oxygen atoms in total. The average Bonchev–Trinajstić information content (AvgIpc) is 2.81. The second-order valence-electron chi connectivity index (χ2n) is 4.66. The summed E-state index contributed by atoms with van der Waals surface area (Å²) in [6.45, 7) is 0. The topological polar surface area (TPSA) is 9.23 Å². The fraction of sp³-hybridized carbons (Fsp3) is 0.200. The molecule has 0 spiro atoms. The van der Waals surface area contributed by atoms with Gasteiger partial charge in [-0.05, 0) is 24.3 Å². The van der Waals surface area contributed by atoms with Crippen LogP contribution in [0.2, 0.25) is 10.0 Å². The molecule has 0 N–H and O–H groups in total. The Morgan fingerprint density at radius 2 is 2.00 bits per heavy atom. The second kappa shape index (κ2) is 5.55. The van der Waals surface area contributed by atoms with Gasteiger partial charge in [0.15, 0.2) is 0 Å². The summed E-state index contributed by atoms with van der Waals surface area (Å²) in [6.07, 6.45) is 0.716. The van der Waals surface area contributed by atoms with E-state index in [9.17, 15) is 4.39 Å². The van der Waals surface area contributed by atoms with Crippen molar-refractivity contribution in [2.24, 2.45) is 0 Å². The van der Waals surface area contributed by atoms with Crippen molar-refractivity contribution in [2.45, 2.75) is 12.5 Å². The van der Waals surface area contributed by atoms with Crippen molar-refractivity contribution >= 4 is 39.1 Å². The molecule has 1 aliphatic rings. The van der Waals surface area contributed by atoms with Gasteiger partial charge in [0.1, 0.15) is 17.7 Å². The molecule has 1 heterocycles. The molecule has 5 heteroatoms. The lowest BCUT2D eigenvalue weighted by atomic mass is 10.0. The number of hydrogen-bond acceptors (Lipinski definition) is 1. The first-order chi connectivity index (χ1) is 9.58. The Morgan fingerprint density at radius 1 is 1.20 bits per heavy atom. The van der Waals surface area contributed by atoms with Crippen LogP contribution >= 0.6 is 39.1 Å². The van der Waals surface area contributed by atoms with E-state index >= 15 is 0 Å². The minimum absolute atomic E-state index is 0.0247. The lowest BCUT2D eigenvalue weighted by Gasteiger charge is -2.12. The molecule has 2 aromatic rings. The summed E-state index contributed by atoms with van der Waals surface area (Å²) in [5, 5.41) is 1.74. The summed E-state index contributed by atoms with van der Waals surface area (Å²) in [6, 6.07) is 8.13. The van der Waals surface area contributed by atoms with E-state index in [0.29, 0.717) is 33.1 Å². The van der Waals surface area contributed by atoms with Gasteiger partial charge in [-0.25, -0.2) is 4.39 Å². The molecule has 0 aliphatic carbocycles. The molecule has 2 aromatic carbocycles. The Bertz CT molecular complexity index is 675. The normalized spacial score (nSPS) is 16.9. The molecule has 3 rings (SSSR count). The van der Waals surface area contributed by atoms with Gasteiger partial charge in [0.25, 0.3) is 0 Å². The van der Waals surface area contributed by atoms with E-state index in [4.69, 9.17) is 27.9 Å². The number of halogens is 4. The monoisotopic (exact) mass is 374 g/mol. The third kappa shape index (κ3) is 2.54. The van der Waals surface area contributed by atoms with Crippen molar-refractivity contribution in [3.8, 4) is 16.9 Å². The van der Waals surface area contributed by atoms with Crippen molar-refractivity contribution in [1.82, 2.24) is 0 Å². The number of hydrogen-bond donors (Lipinski definition) is 0. The van der Waals surface area contributed by atoms with Crippen molar-refractivity contribution < 1.29 is 9.13 Å². The van der Waals surface area contributed by atoms with E-state index in [2.05, 4.69) is 15.9 Å². The predicted molar refractivity (Wildman–Crippen MR) is 83.8 cm³/mol. The number of rotatable bonds is 2. The highest BCUT2D eigenvalue weighted by molar-refractivity contribution is 9.09. The van der Waals surface area contributed by atoms with Gasteiger partial charge in [0, 0.05) is 33.5 Å². The van der Waals surface area contributed by atoms with Gasteiger partial charge in [-0.15, -0.1) is 0 Å². The van der Waals surface area contributed by atoms with E-state index in [-0.39, 0.29) is 11.9 Å². The maximum atomic E-state index is 13.8. The largest absolute Gasteiger partial charge is 0.488 e. The maximum Gasteiger partial charge on any atom is 0.131 e. The van der Waals surface area contributed by atoms with Crippen LogP contribution in [0.1, 0.15) is 5.56 Å². The van der Waals surface area contributed by atoms with E-state index in [0.717, 1.165) is 11.1 Å². The predicted octanol–water partition coefficient (Wildman–Crippen LogP) is 5.50. The first-order valence-electron chi connectivity index (χ1n) is 6.09. The SMILES string of the molecule is Fc1cc2c(c(-c3ccc(Cl)cc3Cl)c1)OC(CBr)C2.